The molecule has 1 saturated heterocycles. The maximum absolute atomic E-state index is 10.7. The molecule has 0 aromatic carbocycles. The van der Waals surface area contributed by atoms with Gasteiger partial charge in [-0.2, -0.15) is 0 Å². The lowest BCUT2D eigenvalue weighted by molar-refractivity contribution is -0.266. The summed E-state index contributed by atoms with van der Waals surface area (Å²) in [6, 6.07) is -2.07. The van der Waals surface area contributed by atoms with Gasteiger partial charge in [-0.3, -0.25) is 0 Å². The van der Waals surface area contributed by atoms with Crippen LogP contribution in [0.2, 0.25) is 0 Å². The Kier molecular flexibility index (Phi) is 2.78. The molecule has 1 rings (SSSR count). The Morgan fingerprint density at radius 3 is 2.71 bits per heavy atom. The summed E-state index contributed by atoms with van der Waals surface area (Å²) in [6.45, 7) is 0.0446. The van der Waals surface area contributed by atoms with Gasteiger partial charge in [0.15, 0.2) is 12.1 Å². The van der Waals surface area contributed by atoms with Crippen molar-refractivity contribution in [2.45, 2.75) is 18.5 Å². The van der Waals surface area contributed by atoms with E-state index in [1.807, 2.05) is 0 Å². The fourth-order valence-electron chi connectivity index (χ4n) is 1.47. The van der Waals surface area contributed by atoms with Crippen molar-refractivity contribution in [3.8, 4) is 0 Å². The summed E-state index contributed by atoms with van der Waals surface area (Å²) in [7, 11) is 0. The van der Waals surface area contributed by atoms with E-state index in [0.717, 1.165) is 0 Å². The second-order valence-electron chi connectivity index (χ2n) is 2.81. The Bertz CT molecular complexity index is 301. The maximum atomic E-state index is 10.7. The SMILES string of the molecule is N=[N+]=NC1CCN(C(=O)[O-])C1C(=O)O. The molecule has 76 valence electrons. The fourth-order valence-corrected chi connectivity index (χ4v) is 1.47. The molecular weight excluding hydrogens is 192 g/mol. The predicted molar refractivity (Wildman–Crippen MR) is 39.2 cm³/mol. The molecule has 2 atom stereocenters. The van der Waals surface area contributed by atoms with Crippen LogP contribution in [0.25, 0.3) is 0 Å². The van der Waals surface area contributed by atoms with Gasteiger partial charge in [-0.05, 0) is 6.42 Å². The monoisotopic (exact) mass is 200 g/mol. The number of carboxylic acids is 1. The zero-order chi connectivity index (χ0) is 10.7. The minimum absolute atomic E-state index is 0.0446. The van der Waals surface area contributed by atoms with Gasteiger partial charge in [0.05, 0.1) is 0 Å². The maximum Gasteiger partial charge on any atom is 0.328 e. The van der Waals surface area contributed by atoms with Gasteiger partial charge in [-0.15, -0.1) is 0 Å². The first-order chi connectivity index (χ1) is 6.57. The molecule has 8 nitrogen and oxygen atoms in total. The molecule has 2 unspecified atom stereocenters. The third-order valence-electron chi connectivity index (χ3n) is 2.06. The quantitative estimate of drug-likeness (QED) is 0.410. The molecule has 0 bridgehead atoms. The standard InChI is InChI=1S/C6H8N4O4/c7-9-8-3-1-2-10(6(13)14)4(3)5(11)12/h3-4,7H,1-2H2,(H-,11,12,13,14). The van der Waals surface area contributed by atoms with E-state index in [1.165, 1.54) is 0 Å². The van der Waals surface area contributed by atoms with Crippen LogP contribution in [0.3, 0.4) is 0 Å². The molecule has 14 heavy (non-hydrogen) atoms. The molecule has 1 aliphatic heterocycles. The van der Waals surface area contributed by atoms with Crippen molar-refractivity contribution in [2.24, 2.45) is 5.11 Å². The molecule has 1 heterocycles. The third-order valence-corrected chi connectivity index (χ3v) is 2.06. The molecule has 0 saturated carbocycles. The van der Waals surface area contributed by atoms with Gasteiger partial charge in [0, 0.05) is 6.54 Å². The van der Waals surface area contributed by atoms with Crippen molar-refractivity contribution in [1.82, 2.24) is 9.81 Å². The van der Waals surface area contributed by atoms with Crippen LogP contribution < -0.4 is 10.0 Å². The average molecular weight is 200 g/mol. The Morgan fingerprint density at radius 1 is 1.64 bits per heavy atom. The average Bonchev–Trinajstić information content (AvgIpc) is 2.48. The molecule has 0 aliphatic carbocycles. The largest absolute Gasteiger partial charge is 0.530 e. The normalized spacial score (nSPS) is 25.6. The van der Waals surface area contributed by atoms with E-state index in [2.05, 4.69) is 10.0 Å². The van der Waals surface area contributed by atoms with Crippen LogP contribution in [0.15, 0.2) is 5.11 Å². The minimum Gasteiger partial charge on any atom is -0.530 e. The van der Waals surface area contributed by atoms with Gasteiger partial charge in [-0.1, -0.05) is 0 Å². The topological polar surface area (TPSA) is 131 Å². The van der Waals surface area contributed by atoms with E-state index < -0.39 is 24.1 Å². The molecule has 0 aromatic rings. The van der Waals surface area contributed by atoms with Crippen LogP contribution in [0.1, 0.15) is 6.42 Å². The first kappa shape index (κ1) is 10.1. The number of nitrogens with zero attached hydrogens (tertiary/aromatic N) is 3. The van der Waals surface area contributed by atoms with Crippen LogP contribution in [0.4, 0.5) is 4.79 Å². The number of likely N-dealkylation sites (tertiary alicyclic amines) is 1. The highest BCUT2D eigenvalue weighted by atomic mass is 16.4. The van der Waals surface area contributed by atoms with Gasteiger partial charge in [0.2, 0.25) is 4.91 Å². The summed E-state index contributed by atoms with van der Waals surface area (Å²) >= 11 is 0. The van der Waals surface area contributed by atoms with Gasteiger partial charge >= 0.3 is 5.97 Å². The Labute approximate surface area is 78.4 Å². The summed E-state index contributed by atoms with van der Waals surface area (Å²) in [6.07, 6.45) is -1.30. The summed E-state index contributed by atoms with van der Waals surface area (Å²) in [4.78, 5) is 24.6. The van der Waals surface area contributed by atoms with Gasteiger partial charge in [0.25, 0.3) is 0 Å². The van der Waals surface area contributed by atoms with E-state index in [0.29, 0.717) is 4.90 Å². The van der Waals surface area contributed by atoms with Crippen LogP contribution in [-0.4, -0.2) is 40.7 Å². The highest BCUT2D eigenvalue weighted by Crippen LogP contribution is 2.20. The summed E-state index contributed by atoms with van der Waals surface area (Å²) in [5.74, 6) is -1.30. The van der Waals surface area contributed by atoms with Crippen molar-refractivity contribution in [3.63, 3.8) is 0 Å². The van der Waals surface area contributed by atoms with E-state index in [-0.39, 0.29) is 13.0 Å². The highest BCUT2D eigenvalue weighted by molar-refractivity contribution is 5.80. The number of rotatable bonds is 2. The molecule has 0 spiro atoms. The number of carbonyl (C=O) groups is 2. The fraction of sp³-hybridized carbons (Fsp3) is 0.667. The number of carbonyl (C=O) groups excluding carboxylic acids is 1. The molecule has 1 amide bonds. The van der Waals surface area contributed by atoms with Gasteiger partial charge in [0.1, 0.15) is 16.7 Å². The Morgan fingerprint density at radius 2 is 2.29 bits per heavy atom. The van der Waals surface area contributed by atoms with Crippen molar-refractivity contribution in [3.05, 3.63) is 0 Å². The van der Waals surface area contributed by atoms with Crippen LogP contribution in [0, 0.1) is 5.53 Å². The highest BCUT2D eigenvalue weighted by Gasteiger charge is 2.42. The van der Waals surface area contributed by atoms with Crippen molar-refractivity contribution in [2.75, 3.05) is 6.54 Å². The Hall–Kier alpha value is -1.95. The minimum atomic E-state index is -1.54. The zero-order valence-corrected chi connectivity index (χ0v) is 7.08. The number of nitrogens with one attached hydrogen (secondary N) is 1. The molecule has 0 aromatic heterocycles. The summed E-state index contributed by atoms with van der Waals surface area (Å²) in [5, 5.41) is 22.6. The number of carboxylic acid groups (broad SMARTS) is 2. The molecule has 2 N–H and O–H groups in total. The lowest BCUT2D eigenvalue weighted by atomic mass is 10.1. The second-order valence-corrected chi connectivity index (χ2v) is 2.81. The van der Waals surface area contributed by atoms with Crippen LogP contribution in [-0.2, 0) is 4.79 Å². The van der Waals surface area contributed by atoms with Gasteiger partial charge < -0.3 is 19.9 Å². The zero-order valence-electron chi connectivity index (χ0n) is 7.08. The van der Waals surface area contributed by atoms with E-state index in [9.17, 15) is 14.7 Å². The van der Waals surface area contributed by atoms with E-state index in [1.54, 1.807) is 0 Å². The number of amides is 1. The van der Waals surface area contributed by atoms with Crippen LogP contribution in [0.5, 0.6) is 0 Å². The molecule has 8 heteroatoms. The van der Waals surface area contributed by atoms with Crippen molar-refractivity contribution < 1.29 is 19.8 Å². The summed E-state index contributed by atoms with van der Waals surface area (Å²) in [5.41, 5.74) is 6.46. The first-order valence-electron chi connectivity index (χ1n) is 3.85. The van der Waals surface area contributed by atoms with E-state index in [4.69, 9.17) is 10.6 Å². The van der Waals surface area contributed by atoms with Crippen LogP contribution >= 0.6 is 0 Å². The smallest absolute Gasteiger partial charge is 0.328 e. The molecule has 1 aliphatic rings. The third kappa shape index (κ3) is 1.69. The lowest BCUT2D eigenvalue weighted by Crippen LogP contribution is -2.49. The predicted octanol–water partition coefficient (Wildman–Crippen LogP) is -1.59. The van der Waals surface area contributed by atoms with E-state index >= 15 is 0 Å². The number of aliphatic carboxylic acids is 1. The lowest BCUT2D eigenvalue weighted by Gasteiger charge is -2.23. The van der Waals surface area contributed by atoms with Gasteiger partial charge in [-0.25, -0.2) is 4.79 Å². The second kappa shape index (κ2) is 3.84. The van der Waals surface area contributed by atoms with Crippen molar-refractivity contribution in [1.29, 1.82) is 5.53 Å². The van der Waals surface area contributed by atoms with Crippen molar-refractivity contribution >= 4 is 12.1 Å². The molecular formula is C6H8N4O4. The Balaban J connectivity index is 2.90. The number of hydrogen-bond donors (Lipinski definition) is 2. The molecule has 0 radical (unpaired) electrons. The molecule has 1 fully saturated rings. The number of hydrogen-bond acceptors (Lipinski definition) is 5. The first-order valence-corrected chi connectivity index (χ1v) is 3.85. The summed E-state index contributed by atoms with van der Waals surface area (Å²) < 4.78 is 0.